The molecule has 0 saturated carbocycles. The molecule has 2 aromatic carbocycles. The van der Waals surface area contributed by atoms with Crippen LogP contribution in [0, 0.1) is 0 Å². The zero-order valence-electron chi connectivity index (χ0n) is 14.2. The first-order chi connectivity index (χ1) is 12.9. The zero-order chi connectivity index (χ0) is 19.4. The van der Waals surface area contributed by atoms with Crippen LogP contribution in [0.15, 0.2) is 83.1 Å². The molecule has 0 aliphatic rings. The number of halogens is 1. The third kappa shape index (κ3) is 4.27. The van der Waals surface area contributed by atoms with E-state index in [1.54, 1.807) is 43.3 Å². The van der Waals surface area contributed by atoms with Gasteiger partial charge in [-0.25, -0.2) is 17.2 Å². The first kappa shape index (κ1) is 18.9. The largest absolute Gasteiger partial charge is 0.365 e. The Morgan fingerprint density at radius 2 is 1.67 bits per heavy atom. The molecule has 0 atom stereocenters. The van der Waals surface area contributed by atoms with Crippen LogP contribution in [0.2, 0.25) is 5.02 Å². The molecule has 0 bridgehead atoms. The molecule has 0 aliphatic heterocycles. The van der Waals surface area contributed by atoms with Gasteiger partial charge in [0.05, 0.1) is 16.2 Å². The van der Waals surface area contributed by atoms with Crippen LogP contribution in [0.25, 0.3) is 0 Å². The number of carbonyl (C=O) groups is 1. The van der Waals surface area contributed by atoms with Gasteiger partial charge < -0.3 is 4.84 Å². The van der Waals surface area contributed by atoms with E-state index in [-0.39, 0.29) is 4.90 Å². The minimum Gasteiger partial charge on any atom is -0.313 e. The molecule has 6 nitrogen and oxygen atoms in total. The summed E-state index contributed by atoms with van der Waals surface area (Å²) in [4.78, 5) is 17.1. The number of nitrogens with zero attached hydrogens (tertiary/aromatic N) is 2. The second-order valence-corrected chi connectivity index (χ2v) is 7.89. The molecule has 0 radical (unpaired) electrons. The molecule has 0 amide bonds. The number of rotatable bonds is 5. The minimum atomic E-state index is -3.69. The zero-order valence-corrected chi connectivity index (χ0v) is 15.8. The Hall–Kier alpha value is -2.90. The molecule has 138 valence electrons. The molecule has 3 aromatic rings. The molecule has 0 spiro atoms. The standard InChI is InChI=1S/C19H15ClN2O4S/c1-14(21-26-19(23)15-7-9-17(20)10-8-15)16-11-12-22(13-16)27(24,25)18-5-3-2-4-6-18/h2-13H,1H3. The normalized spacial score (nSPS) is 12.0. The van der Waals surface area contributed by atoms with Crippen molar-refractivity contribution in [2.24, 2.45) is 5.16 Å². The lowest BCUT2D eigenvalue weighted by Gasteiger charge is -2.05. The fraction of sp³-hybridized carbons (Fsp3) is 0.0526. The maximum Gasteiger partial charge on any atom is 0.365 e. The van der Waals surface area contributed by atoms with Crippen LogP contribution in [0.4, 0.5) is 0 Å². The van der Waals surface area contributed by atoms with Gasteiger partial charge in [0.2, 0.25) is 0 Å². The highest BCUT2D eigenvalue weighted by Crippen LogP contribution is 2.16. The van der Waals surface area contributed by atoms with E-state index >= 15 is 0 Å². The quantitative estimate of drug-likeness (QED) is 0.367. The molecule has 1 aromatic heterocycles. The summed E-state index contributed by atoms with van der Waals surface area (Å²) < 4.78 is 26.2. The number of oxime groups is 1. The lowest BCUT2D eigenvalue weighted by atomic mass is 10.2. The van der Waals surface area contributed by atoms with E-state index in [1.807, 2.05) is 0 Å². The lowest BCUT2D eigenvalue weighted by Crippen LogP contribution is -2.11. The van der Waals surface area contributed by atoms with E-state index in [0.717, 1.165) is 3.97 Å². The van der Waals surface area contributed by atoms with Gasteiger partial charge in [-0.3, -0.25) is 0 Å². The van der Waals surface area contributed by atoms with Crippen LogP contribution >= 0.6 is 11.6 Å². The van der Waals surface area contributed by atoms with E-state index < -0.39 is 16.0 Å². The first-order valence-corrected chi connectivity index (χ1v) is 9.70. The van der Waals surface area contributed by atoms with Crippen LogP contribution < -0.4 is 0 Å². The predicted octanol–water partition coefficient (Wildman–Crippen LogP) is 3.96. The molecule has 0 fully saturated rings. The Kier molecular flexibility index (Phi) is 5.43. The predicted molar refractivity (Wildman–Crippen MR) is 103 cm³/mol. The van der Waals surface area contributed by atoms with Crippen molar-refractivity contribution < 1.29 is 18.0 Å². The Morgan fingerprint density at radius 3 is 2.33 bits per heavy atom. The van der Waals surface area contributed by atoms with Gasteiger partial charge in [0, 0.05) is 23.0 Å². The van der Waals surface area contributed by atoms with E-state index in [4.69, 9.17) is 16.4 Å². The SMILES string of the molecule is CC(=NOC(=O)c1ccc(Cl)cc1)c1ccn(S(=O)(=O)c2ccccc2)c1. The fourth-order valence-corrected chi connectivity index (χ4v) is 3.60. The molecule has 0 aliphatic carbocycles. The summed E-state index contributed by atoms with van der Waals surface area (Å²) in [6, 6.07) is 15.9. The first-order valence-electron chi connectivity index (χ1n) is 7.88. The molecule has 0 unspecified atom stereocenters. The van der Waals surface area contributed by atoms with Crippen molar-refractivity contribution in [1.82, 2.24) is 3.97 Å². The number of aromatic nitrogens is 1. The van der Waals surface area contributed by atoms with Crippen molar-refractivity contribution in [1.29, 1.82) is 0 Å². The van der Waals surface area contributed by atoms with E-state index in [9.17, 15) is 13.2 Å². The highest BCUT2D eigenvalue weighted by atomic mass is 35.5. The van der Waals surface area contributed by atoms with Gasteiger partial charge in [0.25, 0.3) is 10.0 Å². The third-order valence-corrected chi connectivity index (χ3v) is 5.65. The van der Waals surface area contributed by atoms with Crippen molar-refractivity contribution in [3.05, 3.63) is 89.2 Å². The molecule has 0 N–H and O–H groups in total. The van der Waals surface area contributed by atoms with Crippen LogP contribution in [0.5, 0.6) is 0 Å². The highest BCUT2D eigenvalue weighted by Gasteiger charge is 2.17. The summed E-state index contributed by atoms with van der Waals surface area (Å²) >= 11 is 5.78. The van der Waals surface area contributed by atoms with E-state index in [0.29, 0.717) is 21.9 Å². The minimum absolute atomic E-state index is 0.177. The summed E-state index contributed by atoms with van der Waals surface area (Å²) in [6.45, 7) is 1.62. The molecule has 8 heteroatoms. The van der Waals surface area contributed by atoms with Crippen molar-refractivity contribution >= 4 is 33.3 Å². The van der Waals surface area contributed by atoms with Crippen molar-refractivity contribution in [3.63, 3.8) is 0 Å². The summed E-state index contributed by atoms with van der Waals surface area (Å²) in [5.74, 6) is -0.637. The van der Waals surface area contributed by atoms with Crippen molar-refractivity contribution in [2.75, 3.05) is 0 Å². The topological polar surface area (TPSA) is 77.7 Å². The van der Waals surface area contributed by atoms with Crippen molar-refractivity contribution in [2.45, 2.75) is 11.8 Å². The second-order valence-electron chi connectivity index (χ2n) is 5.61. The summed E-state index contributed by atoms with van der Waals surface area (Å²) in [6.07, 6.45) is 2.83. The molecule has 0 saturated heterocycles. The lowest BCUT2D eigenvalue weighted by molar-refractivity contribution is 0.0516. The Labute approximate surface area is 161 Å². The van der Waals surface area contributed by atoms with E-state index in [2.05, 4.69) is 5.16 Å². The van der Waals surface area contributed by atoms with E-state index in [1.165, 1.54) is 36.7 Å². The Balaban J connectivity index is 1.76. The van der Waals surface area contributed by atoms with Crippen LogP contribution in [-0.4, -0.2) is 24.1 Å². The monoisotopic (exact) mass is 402 g/mol. The van der Waals surface area contributed by atoms with Gasteiger partial charge in [-0.1, -0.05) is 35.0 Å². The van der Waals surface area contributed by atoms with Crippen LogP contribution in [0.3, 0.4) is 0 Å². The Morgan fingerprint density at radius 1 is 1.00 bits per heavy atom. The average molecular weight is 403 g/mol. The van der Waals surface area contributed by atoms with Gasteiger partial charge >= 0.3 is 5.97 Å². The number of hydrogen-bond acceptors (Lipinski definition) is 5. The van der Waals surface area contributed by atoms with Crippen LogP contribution in [0.1, 0.15) is 22.8 Å². The van der Waals surface area contributed by atoms with Crippen molar-refractivity contribution in [3.8, 4) is 0 Å². The van der Waals surface area contributed by atoms with Gasteiger partial charge in [-0.05, 0) is 49.4 Å². The average Bonchev–Trinajstić information content (AvgIpc) is 3.18. The maximum absolute atomic E-state index is 12.6. The summed E-state index contributed by atoms with van der Waals surface area (Å²) in [5, 5.41) is 4.29. The smallest absolute Gasteiger partial charge is 0.313 e. The van der Waals surface area contributed by atoms with Gasteiger partial charge in [0.1, 0.15) is 0 Å². The highest BCUT2D eigenvalue weighted by molar-refractivity contribution is 7.90. The second kappa shape index (κ2) is 7.77. The summed E-state index contributed by atoms with van der Waals surface area (Å²) in [5.41, 5.74) is 1.18. The number of benzene rings is 2. The molecule has 27 heavy (non-hydrogen) atoms. The molecule has 1 heterocycles. The van der Waals surface area contributed by atoms with Gasteiger partial charge in [-0.2, -0.15) is 0 Å². The summed E-state index contributed by atoms with van der Waals surface area (Å²) in [7, 11) is -3.69. The van der Waals surface area contributed by atoms with Gasteiger partial charge in [0.15, 0.2) is 0 Å². The van der Waals surface area contributed by atoms with Gasteiger partial charge in [-0.15, -0.1) is 0 Å². The molecule has 3 rings (SSSR count). The maximum atomic E-state index is 12.6. The van der Waals surface area contributed by atoms with Crippen LogP contribution in [-0.2, 0) is 14.9 Å². The molecular formula is C19H15ClN2O4S. The number of hydrogen-bond donors (Lipinski definition) is 0. The fourth-order valence-electron chi connectivity index (χ4n) is 2.26. The molecular weight excluding hydrogens is 388 g/mol. The Bertz CT molecular complexity index is 1090. The third-order valence-electron chi connectivity index (χ3n) is 3.75. The number of carbonyl (C=O) groups excluding carboxylic acids is 1.